The Balaban J connectivity index is 1.51. The predicted octanol–water partition coefficient (Wildman–Crippen LogP) is 4.77. The Bertz CT molecular complexity index is 1310. The van der Waals surface area contributed by atoms with Gasteiger partial charge in [-0.3, -0.25) is 4.79 Å². The number of amides is 1. The van der Waals surface area contributed by atoms with Crippen LogP contribution in [-0.2, 0) is 13.0 Å². The Morgan fingerprint density at radius 3 is 2.15 bits per heavy atom. The molecule has 0 saturated heterocycles. The largest absolute Gasteiger partial charge is 0.508 e. The van der Waals surface area contributed by atoms with Crippen LogP contribution in [0.1, 0.15) is 37.4 Å². The molecule has 4 aromatic rings. The van der Waals surface area contributed by atoms with Gasteiger partial charge in [0.15, 0.2) is 0 Å². The topological polar surface area (TPSA) is 95.9 Å². The number of carboxylic acids is 1. The van der Waals surface area contributed by atoms with Gasteiger partial charge in [-0.05, 0) is 76.0 Å². The van der Waals surface area contributed by atoms with Crippen LogP contribution in [0.25, 0.3) is 10.8 Å². The van der Waals surface area contributed by atoms with E-state index in [1.165, 1.54) is 0 Å². The second-order valence-corrected chi connectivity index (χ2v) is 7.75. The molecule has 0 spiro atoms. The van der Waals surface area contributed by atoms with E-state index in [1.807, 2.05) is 36.4 Å². The molecule has 0 radical (unpaired) electrons. The lowest BCUT2D eigenvalue weighted by Crippen LogP contribution is -2.22. The summed E-state index contributed by atoms with van der Waals surface area (Å²) in [7, 11) is 1.61. The van der Waals surface area contributed by atoms with E-state index in [9.17, 15) is 14.7 Å². The van der Waals surface area contributed by atoms with Gasteiger partial charge >= 0.3 is 5.97 Å². The number of carbonyl (C=O) groups excluding carboxylic acids is 1. The molecule has 3 N–H and O–H groups in total. The highest BCUT2D eigenvalue weighted by Gasteiger charge is 2.10. The summed E-state index contributed by atoms with van der Waals surface area (Å²) in [6.45, 7) is 0.397. The third-order valence-corrected chi connectivity index (χ3v) is 5.51. The van der Waals surface area contributed by atoms with E-state index in [1.54, 1.807) is 49.6 Å². The minimum atomic E-state index is -0.979. The standard InChI is InChI=1S/C27H23NO5/c1-33-24-10-4-18(5-11-24)16-28-26(30)21-9-8-20-15-25(29)23(14-22(20)13-21)12-17-2-6-19(7-3-17)27(31)32/h2-11,13-15,29H,12,16H2,1H3,(H,28,30)(H,31,32). The van der Waals surface area contributed by atoms with Crippen LogP contribution >= 0.6 is 0 Å². The Morgan fingerprint density at radius 1 is 0.818 bits per heavy atom. The number of benzene rings is 4. The van der Waals surface area contributed by atoms with Crippen molar-refractivity contribution in [3.05, 3.63) is 107 Å². The number of ether oxygens (including phenoxy) is 1. The monoisotopic (exact) mass is 441 g/mol. The van der Waals surface area contributed by atoms with Gasteiger partial charge in [0.2, 0.25) is 0 Å². The van der Waals surface area contributed by atoms with E-state index in [2.05, 4.69) is 5.32 Å². The van der Waals surface area contributed by atoms with Crippen molar-refractivity contribution in [3.63, 3.8) is 0 Å². The first-order valence-corrected chi connectivity index (χ1v) is 10.4. The highest BCUT2D eigenvalue weighted by molar-refractivity contribution is 5.99. The number of hydrogen-bond donors (Lipinski definition) is 3. The molecule has 4 rings (SSSR count). The molecular weight excluding hydrogens is 418 g/mol. The molecule has 0 aliphatic carbocycles. The zero-order valence-corrected chi connectivity index (χ0v) is 18.0. The second kappa shape index (κ2) is 9.44. The first kappa shape index (κ1) is 21.9. The Kier molecular flexibility index (Phi) is 6.26. The summed E-state index contributed by atoms with van der Waals surface area (Å²) in [5.74, 6) is -0.252. The average Bonchev–Trinajstić information content (AvgIpc) is 2.83. The number of carboxylic acid groups (broad SMARTS) is 1. The maximum Gasteiger partial charge on any atom is 0.335 e. The van der Waals surface area contributed by atoms with Gasteiger partial charge in [0.1, 0.15) is 11.5 Å². The predicted molar refractivity (Wildman–Crippen MR) is 126 cm³/mol. The van der Waals surface area contributed by atoms with Crippen LogP contribution in [0, 0.1) is 0 Å². The van der Waals surface area contributed by atoms with Crippen LogP contribution in [0.5, 0.6) is 11.5 Å². The number of hydrogen-bond acceptors (Lipinski definition) is 4. The number of rotatable bonds is 7. The first-order chi connectivity index (χ1) is 15.9. The molecule has 6 nitrogen and oxygen atoms in total. The maximum atomic E-state index is 12.7. The molecule has 6 heteroatoms. The summed E-state index contributed by atoms with van der Waals surface area (Å²) in [5, 5.41) is 24.1. The van der Waals surface area contributed by atoms with Gasteiger partial charge in [-0.2, -0.15) is 0 Å². The first-order valence-electron chi connectivity index (χ1n) is 10.4. The van der Waals surface area contributed by atoms with Gasteiger partial charge in [-0.1, -0.05) is 30.3 Å². The lowest BCUT2D eigenvalue weighted by Gasteiger charge is -2.10. The zero-order valence-electron chi connectivity index (χ0n) is 18.0. The van der Waals surface area contributed by atoms with Crippen molar-refractivity contribution in [2.45, 2.75) is 13.0 Å². The van der Waals surface area contributed by atoms with Gasteiger partial charge in [-0.15, -0.1) is 0 Å². The Hall–Kier alpha value is -4.32. The average molecular weight is 441 g/mol. The lowest BCUT2D eigenvalue weighted by molar-refractivity contribution is 0.0696. The number of carbonyl (C=O) groups is 2. The number of aromatic carboxylic acids is 1. The summed E-state index contributed by atoms with van der Waals surface area (Å²) in [6.07, 6.45) is 0.440. The van der Waals surface area contributed by atoms with Gasteiger partial charge < -0.3 is 20.3 Å². The minimum absolute atomic E-state index is 0.154. The molecule has 0 saturated carbocycles. The van der Waals surface area contributed by atoms with Crippen LogP contribution in [0.2, 0.25) is 0 Å². The molecule has 0 fully saturated rings. The minimum Gasteiger partial charge on any atom is -0.508 e. The van der Waals surface area contributed by atoms with Crippen LogP contribution in [0.3, 0.4) is 0 Å². The van der Waals surface area contributed by atoms with Gasteiger partial charge in [-0.25, -0.2) is 4.79 Å². The molecule has 0 atom stereocenters. The van der Waals surface area contributed by atoms with Crippen LogP contribution in [0.4, 0.5) is 0 Å². The summed E-state index contributed by atoms with van der Waals surface area (Å²) in [6, 6.07) is 22.9. The van der Waals surface area contributed by atoms with E-state index in [-0.39, 0.29) is 17.2 Å². The normalized spacial score (nSPS) is 10.7. The summed E-state index contributed by atoms with van der Waals surface area (Å²) < 4.78 is 5.15. The highest BCUT2D eigenvalue weighted by Crippen LogP contribution is 2.28. The highest BCUT2D eigenvalue weighted by atomic mass is 16.5. The van der Waals surface area contributed by atoms with Crippen molar-refractivity contribution in [3.8, 4) is 11.5 Å². The molecule has 0 bridgehead atoms. The molecule has 0 aromatic heterocycles. The quantitative estimate of drug-likeness (QED) is 0.384. The fourth-order valence-corrected chi connectivity index (χ4v) is 3.63. The van der Waals surface area contributed by atoms with Crippen LogP contribution in [0.15, 0.2) is 78.9 Å². The molecule has 166 valence electrons. The van der Waals surface area contributed by atoms with E-state index < -0.39 is 5.97 Å². The second-order valence-electron chi connectivity index (χ2n) is 7.75. The third kappa shape index (κ3) is 5.13. The van der Waals surface area contributed by atoms with Crippen molar-refractivity contribution >= 4 is 22.6 Å². The van der Waals surface area contributed by atoms with Crippen molar-refractivity contribution in [2.24, 2.45) is 0 Å². The molecule has 0 aliphatic rings. The molecule has 0 heterocycles. The van der Waals surface area contributed by atoms with Crippen molar-refractivity contribution < 1.29 is 24.5 Å². The lowest BCUT2D eigenvalue weighted by atomic mass is 9.98. The number of aromatic hydroxyl groups is 1. The Labute approximate surface area is 191 Å². The Morgan fingerprint density at radius 2 is 1.48 bits per heavy atom. The van der Waals surface area contributed by atoms with Crippen LogP contribution in [-0.4, -0.2) is 29.2 Å². The van der Waals surface area contributed by atoms with E-state index in [4.69, 9.17) is 9.84 Å². The molecule has 0 aliphatic heterocycles. The number of methoxy groups -OCH3 is 1. The number of phenols is 1. The van der Waals surface area contributed by atoms with Gasteiger partial charge in [0.05, 0.1) is 12.7 Å². The smallest absolute Gasteiger partial charge is 0.335 e. The number of nitrogens with one attached hydrogen (secondary N) is 1. The van der Waals surface area contributed by atoms with E-state index >= 15 is 0 Å². The van der Waals surface area contributed by atoms with Gasteiger partial charge in [0, 0.05) is 18.5 Å². The molecular formula is C27H23NO5. The van der Waals surface area contributed by atoms with Crippen molar-refractivity contribution in [2.75, 3.05) is 7.11 Å². The SMILES string of the molecule is COc1ccc(CNC(=O)c2ccc3cc(O)c(Cc4ccc(C(=O)O)cc4)cc3c2)cc1. The summed E-state index contributed by atoms with van der Waals surface area (Å²) in [5.41, 5.74) is 3.28. The summed E-state index contributed by atoms with van der Waals surface area (Å²) >= 11 is 0. The fourth-order valence-electron chi connectivity index (χ4n) is 3.63. The van der Waals surface area contributed by atoms with E-state index in [0.717, 1.165) is 27.6 Å². The van der Waals surface area contributed by atoms with Crippen LogP contribution < -0.4 is 10.1 Å². The third-order valence-electron chi connectivity index (χ3n) is 5.51. The number of fused-ring (bicyclic) bond motifs is 1. The summed E-state index contributed by atoms with van der Waals surface area (Å²) in [4.78, 5) is 23.7. The molecule has 4 aromatic carbocycles. The van der Waals surface area contributed by atoms with Gasteiger partial charge in [0.25, 0.3) is 5.91 Å². The number of phenolic OH excluding ortho intramolecular Hbond substituents is 1. The molecule has 1 amide bonds. The molecule has 33 heavy (non-hydrogen) atoms. The maximum absolute atomic E-state index is 12.7. The van der Waals surface area contributed by atoms with E-state index in [0.29, 0.717) is 24.1 Å². The zero-order chi connectivity index (χ0) is 23.4. The molecule has 0 unspecified atom stereocenters. The fraction of sp³-hybridized carbons (Fsp3) is 0.111. The van der Waals surface area contributed by atoms with Crippen molar-refractivity contribution in [1.82, 2.24) is 5.32 Å². The van der Waals surface area contributed by atoms with Crippen molar-refractivity contribution in [1.29, 1.82) is 0 Å².